The minimum Gasteiger partial charge on any atom is -0.339 e. The average molecular weight is 370 g/mol. The van der Waals surface area contributed by atoms with Crippen LogP contribution in [0.5, 0.6) is 0 Å². The molecule has 1 fully saturated rings. The molecule has 0 spiro atoms. The Morgan fingerprint density at radius 1 is 1.27 bits per heavy atom. The third-order valence-electron chi connectivity index (χ3n) is 4.89. The molecule has 0 radical (unpaired) electrons. The predicted molar refractivity (Wildman–Crippen MR) is 106 cm³/mol. The zero-order chi connectivity index (χ0) is 18.7. The van der Waals surface area contributed by atoms with Gasteiger partial charge in [0.1, 0.15) is 0 Å². The molecule has 0 atom stereocenters. The molecule has 1 amide bonds. The Kier molecular flexibility index (Phi) is 5.62. The summed E-state index contributed by atoms with van der Waals surface area (Å²) < 4.78 is 1.94. The highest BCUT2D eigenvalue weighted by atomic mass is 35.5. The maximum absolute atomic E-state index is 12.4. The molecule has 1 aliphatic heterocycles. The van der Waals surface area contributed by atoms with Crippen LogP contribution in [-0.4, -0.2) is 33.7 Å². The molecule has 136 valence electrons. The number of aromatic nitrogens is 2. The third-order valence-corrected chi connectivity index (χ3v) is 5.26. The quantitative estimate of drug-likeness (QED) is 0.592. The van der Waals surface area contributed by atoms with Crippen LogP contribution >= 0.6 is 11.6 Å². The summed E-state index contributed by atoms with van der Waals surface area (Å²) in [5, 5.41) is 5.35. The summed E-state index contributed by atoms with van der Waals surface area (Å²) >= 11 is 6.26. The molecule has 0 saturated carbocycles. The molecule has 0 unspecified atom stereocenters. The molecule has 3 rings (SSSR count). The summed E-state index contributed by atoms with van der Waals surface area (Å²) in [6.07, 6.45) is 5.33. The van der Waals surface area contributed by atoms with E-state index in [0.29, 0.717) is 6.54 Å². The highest BCUT2D eigenvalue weighted by molar-refractivity contribution is 6.31. The highest BCUT2D eigenvalue weighted by Gasteiger charge is 2.17. The zero-order valence-electron chi connectivity index (χ0n) is 15.3. The lowest BCUT2D eigenvalue weighted by molar-refractivity contribution is -0.126. The van der Waals surface area contributed by atoms with Gasteiger partial charge in [-0.05, 0) is 44.4 Å². The maximum atomic E-state index is 12.4. The summed E-state index contributed by atoms with van der Waals surface area (Å²) in [5.41, 5.74) is 5.18. The van der Waals surface area contributed by atoms with Crippen LogP contribution in [0.25, 0.3) is 6.08 Å². The minimum absolute atomic E-state index is 0.0511. The highest BCUT2D eigenvalue weighted by Crippen LogP contribution is 2.21. The van der Waals surface area contributed by atoms with E-state index in [1.54, 1.807) is 6.08 Å². The Labute approximate surface area is 159 Å². The zero-order valence-corrected chi connectivity index (χ0v) is 16.1. The first-order chi connectivity index (χ1) is 12.5. The molecule has 0 aliphatic carbocycles. The van der Waals surface area contributed by atoms with E-state index in [4.69, 9.17) is 11.6 Å². The van der Waals surface area contributed by atoms with E-state index in [2.05, 4.69) is 11.7 Å². The van der Waals surface area contributed by atoms with Gasteiger partial charge in [-0.1, -0.05) is 42.0 Å². The average Bonchev–Trinajstić information content (AvgIpc) is 2.89. The van der Waals surface area contributed by atoms with Crippen LogP contribution in [-0.2, 0) is 11.3 Å². The van der Waals surface area contributed by atoms with Gasteiger partial charge in [0.25, 0.3) is 0 Å². The summed E-state index contributed by atoms with van der Waals surface area (Å²) in [4.78, 5) is 14.3. The van der Waals surface area contributed by atoms with Gasteiger partial charge in [-0.2, -0.15) is 5.10 Å². The van der Waals surface area contributed by atoms with Gasteiger partial charge in [0.05, 0.1) is 12.2 Å². The normalized spacial score (nSPS) is 15.0. The van der Waals surface area contributed by atoms with E-state index >= 15 is 0 Å². The Hall–Kier alpha value is -2.33. The van der Waals surface area contributed by atoms with Gasteiger partial charge in [-0.15, -0.1) is 0 Å². The van der Waals surface area contributed by atoms with E-state index in [0.717, 1.165) is 53.5 Å². The molecule has 4 nitrogen and oxygen atoms in total. The van der Waals surface area contributed by atoms with Crippen LogP contribution in [0.3, 0.4) is 0 Å². The molecule has 0 bridgehead atoms. The number of hydrogen-bond donors (Lipinski definition) is 0. The number of aryl methyl sites for hydroxylation is 1. The van der Waals surface area contributed by atoms with Gasteiger partial charge in [0.2, 0.25) is 5.91 Å². The van der Waals surface area contributed by atoms with E-state index in [9.17, 15) is 4.79 Å². The number of carbonyl (C=O) groups is 1. The molecule has 2 heterocycles. The van der Waals surface area contributed by atoms with Gasteiger partial charge in [-0.25, -0.2) is 0 Å². The van der Waals surface area contributed by atoms with Crippen LogP contribution in [0.15, 0.2) is 42.5 Å². The molecule has 0 N–H and O–H groups in total. The van der Waals surface area contributed by atoms with E-state index in [-0.39, 0.29) is 5.91 Å². The molecule has 5 heteroatoms. The van der Waals surface area contributed by atoms with E-state index < -0.39 is 0 Å². The predicted octanol–water partition coefficient (Wildman–Crippen LogP) is 4.39. The lowest BCUT2D eigenvalue weighted by atomic mass is 10.1. The van der Waals surface area contributed by atoms with Crippen molar-refractivity contribution in [2.75, 3.05) is 13.1 Å². The second-order valence-corrected chi connectivity index (χ2v) is 7.15. The van der Waals surface area contributed by atoms with Crippen molar-refractivity contribution in [1.29, 1.82) is 0 Å². The Balaban J connectivity index is 1.74. The first kappa shape index (κ1) is 18.5. The van der Waals surface area contributed by atoms with Crippen molar-refractivity contribution in [2.45, 2.75) is 33.2 Å². The third kappa shape index (κ3) is 4.07. The first-order valence-corrected chi connectivity index (χ1v) is 9.24. The van der Waals surface area contributed by atoms with E-state index in [1.807, 2.05) is 53.8 Å². The molecule has 2 aromatic rings. The number of rotatable bonds is 4. The lowest BCUT2D eigenvalue weighted by Gasteiger charge is -2.26. The van der Waals surface area contributed by atoms with Crippen molar-refractivity contribution in [2.24, 2.45) is 0 Å². The summed E-state index contributed by atoms with van der Waals surface area (Å²) in [6.45, 7) is 10.1. The number of nitrogens with zero attached hydrogens (tertiary/aromatic N) is 3. The van der Waals surface area contributed by atoms with Crippen LogP contribution in [0.2, 0.25) is 5.02 Å². The number of amides is 1. The van der Waals surface area contributed by atoms with Crippen molar-refractivity contribution < 1.29 is 4.79 Å². The number of hydrogen-bond acceptors (Lipinski definition) is 2. The van der Waals surface area contributed by atoms with Gasteiger partial charge in [0, 0.05) is 35.4 Å². The summed E-state index contributed by atoms with van der Waals surface area (Å²) in [6, 6.07) is 7.78. The SMILES string of the molecule is C=C1CCN(C(=O)/C=C/c2c(C)nn(Cc3ccccc3Cl)c2C)CC1. The van der Waals surface area contributed by atoms with Crippen molar-refractivity contribution >= 4 is 23.6 Å². The molecule has 26 heavy (non-hydrogen) atoms. The standard InChI is InChI=1S/C21H24ClN3O/c1-15-10-12-24(13-11-15)21(26)9-8-19-16(2)23-25(17(19)3)14-18-6-4-5-7-20(18)22/h4-9H,1,10-14H2,2-3H3/b9-8+. The maximum Gasteiger partial charge on any atom is 0.246 e. The van der Waals surface area contributed by atoms with Crippen molar-refractivity contribution in [3.05, 3.63) is 70.0 Å². The summed E-state index contributed by atoms with van der Waals surface area (Å²) in [7, 11) is 0. The Bertz CT molecular complexity index is 856. The molecule has 1 aromatic carbocycles. The smallest absolute Gasteiger partial charge is 0.246 e. The van der Waals surface area contributed by atoms with Gasteiger partial charge < -0.3 is 4.90 Å². The van der Waals surface area contributed by atoms with Crippen LogP contribution in [0.1, 0.15) is 35.4 Å². The van der Waals surface area contributed by atoms with E-state index in [1.165, 1.54) is 5.57 Å². The van der Waals surface area contributed by atoms with Crippen molar-refractivity contribution in [3.63, 3.8) is 0 Å². The van der Waals surface area contributed by atoms with Crippen LogP contribution in [0, 0.1) is 13.8 Å². The summed E-state index contributed by atoms with van der Waals surface area (Å²) in [5.74, 6) is 0.0511. The number of benzene rings is 1. The fraction of sp³-hybridized carbons (Fsp3) is 0.333. The fourth-order valence-electron chi connectivity index (χ4n) is 3.20. The van der Waals surface area contributed by atoms with Crippen molar-refractivity contribution in [1.82, 2.24) is 14.7 Å². The monoisotopic (exact) mass is 369 g/mol. The molecule has 1 saturated heterocycles. The van der Waals surface area contributed by atoms with Gasteiger partial charge in [-0.3, -0.25) is 9.48 Å². The number of piperidine rings is 1. The van der Waals surface area contributed by atoms with Crippen LogP contribution in [0.4, 0.5) is 0 Å². The van der Waals surface area contributed by atoms with Gasteiger partial charge >= 0.3 is 0 Å². The molecule has 1 aliphatic rings. The fourth-order valence-corrected chi connectivity index (χ4v) is 3.39. The molecular formula is C21H24ClN3O. The minimum atomic E-state index is 0.0511. The number of carbonyl (C=O) groups excluding carboxylic acids is 1. The van der Waals surface area contributed by atoms with Gasteiger partial charge in [0.15, 0.2) is 0 Å². The second-order valence-electron chi connectivity index (χ2n) is 6.74. The Morgan fingerprint density at radius 2 is 1.96 bits per heavy atom. The molecule has 1 aromatic heterocycles. The second kappa shape index (κ2) is 7.92. The first-order valence-electron chi connectivity index (χ1n) is 8.86. The van der Waals surface area contributed by atoms with Crippen LogP contribution < -0.4 is 0 Å². The largest absolute Gasteiger partial charge is 0.339 e. The Morgan fingerprint density at radius 3 is 2.65 bits per heavy atom. The lowest BCUT2D eigenvalue weighted by Crippen LogP contribution is -2.34. The van der Waals surface area contributed by atoms with Crippen molar-refractivity contribution in [3.8, 4) is 0 Å². The topological polar surface area (TPSA) is 38.1 Å². The number of halogens is 1. The number of likely N-dealkylation sites (tertiary alicyclic amines) is 1. The molecular weight excluding hydrogens is 346 g/mol.